The zero-order chi connectivity index (χ0) is 32.7. The van der Waals surface area contributed by atoms with Crippen LogP contribution in [0.3, 0.4) is 0 Å². The van der Waals surface area contributed by atoms with E-state index in [1.807, 2.05) is 0 Å². The first-order valence-corrected chi connectivity index (χ1v) is 15.9. The predicted octanol–water partition coefficient (Wildman–Crippen LogP) is 4.46. The van der Waals surface area contributed by atoms with Crippen LogP contribution in [0.2, 0.25) is 0 Å². The molecule has 16 heteroatoms. The van der Waals surface area contributed by atoms with Crippen molar-refractivity contribution in [3.63, 3.8) is 0 Å². The average molecular weight is 662 g/mol. The third kappa shape index (κ3) is 7.20. The van der Waals surface area contributed by atoms with E-state index in [9.17, 15) is 49.1 Å². The van der Waals surface area contributed by atoms with Gasteiger partial charge in [-0.1, -0.05) is 30.3 Å². The van der Waals surface area contributed by atoms with Gasteiger partial charge in [0.25, 0.3) is 0 Å². The minimum atomic E-state index is -5.09. The highest BCUT2D eigenvalue weighted by Crippen LogP contribution is 2.37. The van der Waals surface area contributed by atoms with Crippen LogP contribution in [0.1, 0.15) is 41.5 Å². The van der Waals surface area contributed by atoms with Crippen LogP contribution in [0.5, 0.6) is 0 Å². The number of carbonyl (C=O) groups excluding carboxylic acids is 3. The Kier molecular flexibility index (Phi) is 8.81. The van der Waals surface area contributed by atoms with Gasteiger partial charge in [0, 0.05) is 19.5 Å². The van der Waals surface area contributed by atoms with Crippen molar-refractivity contribution in [2.75, 3.05) is 24.6 Å². The zero-order valence-corrected chi connectivity index (χ0v) is 24.5. The van der Waals surface area contributed by atoms with Crippen LogP contribution in [0.25, 0.3) is 0 Å². The number of hydrogen-bond donors (Lipinski definition) is 0. The molecule has 0 aromatic heterocycles. The van der Waals surface area contributed by atoms with Crippen LogP contribution in [-0.4, -0.2) is 77.8 Å². The minimum Gasteiger partial charge on any atom is -0.444 e. The molecular formula is C29H29F6N3O6S. The fourth-order valence-electron chi connectivity index (χ4n) is 6.07. The smallest absolute Gasteiger partial charge is 0.416 e. The Morgan fingerprint density at radius 3 is 2.07 bits per heavy atom. The van der Waals surface area contributed by atoms with Gasteiger partial charge in [-0.05, 0) is 48.1 Å². The van der Waals surface area contributed by atoms with E-state index in [4.69, 9.17) is 4.74 Å². The van der Waals surface area contributed by atoms with E-state index in [1.165, 1.54) is 9.80 Å². The van der Waals surface area contributed by atoms with E-state index in [-0.39, 0.29) is 56.5 Å². The Morgan fingerprint density at radius 2 is 1.49 bits per heavy atom. The Hall–Kier alpha value is -3.82. The summed E-state index contributed by atoms with van der Waals surface area (Å²) in [6.45, 7) is -1.11. The number of sulfone groups is 1. The molecule has 2 aromatic carbocycles. The van der Waals surface area contributed by atoms with Gasteiger partial charge in [-0.2, -0.15) is 26.3 Å². The van der Waals surface area contributed by atoms with Gasteiger partial charge in [-0.15, -0.1) is 0 Å². The Balaban J connectivity index is 1.42. The lowest BCUT2D eigenvalue weighted by atomic mass is 9.88. The monoisotopic (exact) mass is 661 g/mol. The number of amides is 3. The molecule has 3 aliphatic heterocycles. The molecule has 2 atom stereocenters. The van der Waals surface area contributed by atoms with Crippen molar-refractivity contribution in [2.24, 2.45) is 5.92 Å². The van der Waals surface area contributed by atoms with Crippen molar-refractivity contribution in [2.45, 2.75) is 57.0 Å². The number of benzene rings is 2. The lowest BCUT2D eigenvalue weighted by Crippen LogP contribution is -2.72. The second-order valence-electron chi connectivity index (χ2n) is 11.3. The molecule has 0 bridgehead atoms. The van der Waals surface area contributed by atoms with Crippen molar-refractivity contribution >= 4 is 27.7 Å². The average Bonchev–Trinajstić information content (AvgIpc) is 2.97. The van der Waals surface area contributed by atoms with E-state index in [0.717, 1.165) is 10.5 Å². The summed E-state index contributed by atoms with van der Waals surface area (Å²) < 4.78 is 109. The molecule has 0 N–H and O–H groups in total. The van der Waals surface area contributed by atoms with E-state index in [2.05, 4.69) is 0 Å². The molecule has 0 spiro atoms. The first kappa shape index (κ1) is 32.6. The van der Waals surface area contributed by atoms with Gasteiger partial charge in [0.1, 0.15) is 28.7 Å². The van der Waals surface area contributed by atoms with Crippen LogP contribution in [0.15, 0.2) is 48.5 Å². The molecule has 45 heavy (non-hydrogen) atoms. The summed E-state index contributed by atoms with van der Waals surface area (Å²) >= 11 is 0. The number of halogens is 6. The van der Waals surface area contributed by atoms with Crippen molar-refractivity contribution in [1.82, 2.24) is 14.7 Å². The molecule has 5 rings (SSSR count). The lowest BCUT2D eigenvalue weighted by Gasteiger charge is -2.53. The molecule has 2 unspecified atom stereocenters. The van der Waals surface area contributed by atoms with Gasteiger partial charge in [0.15, 0.2) is 0 Å². The third-order valence-corrected chi connectivity index (χ3v) is 10.0. The maximum absolute atomic E-state index is 13.9. The Morgan fingerprint density at radius 1 is 0.889 bits per heavy atom. The molecule has 244 valence electrons. The summed E-state index contributed by atoms with van der Waals surface area (Å²) in [5, 5.41) is 0. The number of alkyl halides is 6. The van der Waals surface area contributed by atoms with Crippen LogP contribution in [0, 0.1) is 5.92 Å². The number of hydrogen-bond acceptors (Lipinski definition) is 6. The van der Waals surface area contributed by atoms with Gasteiger partial charge in [-0.3, -0.25) is 14.5 Å². The van der Waals surface area contributed by atoms with Crippen LogP contribution >= 0.6 is 0 Å². The van der Waals surface area contributed by atoms with Gasteiger partial charge < -0.3 is 14.5 Å². The zero-order valence-electron chi connectivity index (χ0n) is 23.7. The SMILES string of the molecule is O=C1C(C2CCS(=O)(=O)CC2)N2C(=O)CCN(C(=O)OCc3cc(C(F)(F)F)cc(C(F)(F)F)c3)C2CN1Cc1ccccc1. The van der Waals surface area contributed by atoms with Crippen molar-refractivity contribution in [1.29, 1.82) is 0 Å². The largest absolute Gasteiger partial charge is 0.444 e. The fourth-order valence-corrected chi connectivity index (χ4v) is 7.60. The topological polar surface area (TPSA) is 104 Å². The highest BCUT2D eigenvalue weighted by Gasteiger charge is 2.52. The number of nitrogens with zero attached hydrogens (tertiary/aromatic N) is 3. The summed E-state index contributed by atoms with van der Waals surface area (Å²) in [5.41, 5.74) is -2.90. The molecule has 3 fully saturated rings. The first-order valence-electron chi connectivity index (χ1n) is 14.1. The van der Waals surface area contributed by atoms with Gasteiger partial charge >= 0.3 is 18.4 Å². The molecule has 3 heterocycles. The summed E-state index contributed by atoms with van der Waals surface area (Å²) in [4.78, 5) is 44.4. The van der Waals surface area contributed by atoms with Crippen LogP contribution in [-0.2, 0) is 49.7 Å². The second-order valence-corrected chi connectivity index (χ2v) is 13.6. The third-order valence-electron chi connectivity index (χ3n) is 8.29. The highest BCUT2D eigenvalue weighted by molar-refractivity contribution is 7.91. The molecule has 3 amide bonds. The number of piperazine rings is 1. The fraction of sp³-hybridized carbons (Fsp3) is 0.483. The molecule has 3 aliphatic rings. The lowest BCUT2D eigenvalue weighted by molar-refractivity contribution is -0.172. The summed E-state index contributed by atoms with van der Waals surface area (Å²) in [7, 11) is -3.31. The van der Waals surface area contributed by atoms with Crippen molar-refractivity contribution < 1.29 is 53.9 Å². The molecule has 9 nitrogen and oxygen atoms in total. The predicted molar refractivity (Wildman–Crippen MR) is 146 cm³/mol. The van der Waals surface area contributed by atoms with Gasteiger partial charge in [-0.25, -0.2) is 13.2 Å². The summed E-state index contributed by atoms with van der Waals surface area (Å²) in [6.07, 6.45) is -12.3. The summed E-state index contributed by atoms with van der Waals surface area (Å²) in [5.74, 6) is -1.72. The van der Waals surface area contributed by atoms with E-state index < -0.39 is 81.5 Å². The van der Waals surface area contributed by atoms with Crippen LogP contribution in [0.4, 0.5) is 31.1 Å². The number of fused-ring (bicyclic) bond motifs is 1. The first-order chi connectivity index (χ1) is 21.0. The Labute approximate surface area is 254 Å². The minimum absolute atomic E-state index is 0.0313. The second kappa shape index (κ2) is 12.2. The van der Waals surface area contributed by atoms with Gasteiger partial charge in [0.05, 0.1) is 29.2 Å². The number of rotatable bonds is 5. The molecule has 0 saturated carbocycles. The molecule has 2 aromatic rings. The standard InChI is InChI=1S/C29H29F6N3O6S/c30-28(31,32)21-12-19(13-22(14-21)29(33,34)35)17-44-27(41)37-9-6-24(39)38-23(37)16-36(15-18-4-2-1-3-5-18)26(40)25(38)20-7-10-45(42,43)11-8-20/h1-5,12-14,20,23,25H,6-11,15-17H2. The van der Waals surface area contributed by atoms with E-state index >= 15 is 0 Å². The number of ether oxygens (including phenoxy) is 1. The molecule has 0 aliphatic carbocycles. The molecular weight excluding hydrogens is 632 g/mol. The molecule has 0 radical (unpaired) electrons. The van der Waals surface area contributed by atoms with E-state index in [0.29, 0.717) is 12.1 Å². The maximum atomic E-state index is 13.9. The quantitative estimate of drug-likeness (QED) is 0.439. The molecule has 3 saturated heterocycles. The number of carbonyl (C=O) groups is 3. The Bertz CT molecular complexity index is 1520. The van der Waals surface area contributed by atoms with Crippen molar-refractivity contribution in [3.05, 3.63) is 70.8 Å². The van der Waals surface area contributed by atoms with Crippen LogP contribution < -0.4 is 0 Å². The van der Waals surface area contributed by atoms with E-state index in [1.54, 1.807) is 30.3 Å². The maximum Gasteiger partial charge on any atom is 0.416 e. The normalized spacial score (nSPS) is 22.8. The van der Waals surface area contributed by atoms with Gasteiger partial charge in [0.2, 0.25) is 11.8 Å². The highest BCUT2D eigenvalue weighted by atomic mass is 32.2. The van der Waals surface area contributed by atoms with Crippen molar-refractivity contribution in [3.8, 4) is 0 Å². The summed E-state index contributed by atoms with van der Waals surface area (Å²) in [6, 6.07) is 8.70.